The van der Waals surface area contributed by atoms with Gasteiger partial charge in [0, 0.05) is 26.2 Å². The average molecular weight is 269 g/mol. The summed E-state index contributed by atoms with van der Waals surface area (Å²) < 4.78 is 0. The maximum absolute atomic E-state index is 9.12. The zero-order valence-corrected chi connectivity index (χ0v) is 12.8. The molecule has 1 aliphatic carbocycles. The van der Waals surface area contributed by atoms with Gasteiger partial charge >= 0.3 is 0 Å². The van der Waals surface area contributed by atoms with Crippen molar-refractivity contribution in [3.63, 3.8) is 0 Å². The van der Waals surface area contributed by atoms with Gasteiger partial charge in [-0.15, -0.1) is 0 Å². The summed E-state index contributed by atoms with van der Waals surface area (Å²) >= 11 is 0. The third-order valence-electron chi connectivity index (χ3n) is 3.45. The first-order valence-electron chi connectivity index (χ1n) is 7.78. The van der Waals surface area contributed by atoms with E-state index in [1.54, 1.807) is 0 Å². The highest BCUT2D eigenvalue weighted by Gasteiger charge is 2.21. The van der Waals surface area contributed by atoms with Crippen molar-refractivity contribution in [1.82, 2.24) is 10.6 Å². The van der Waals surface area contributed by atoms with Crippen LogP contribution in [0, 0.1) is 17.8 Å². The molecule has 0 bridgehead atoms. The summed E-state index contributed by atoms with van der Waals surface area (Å²) in [5.41, 5.74) is 0. The number of hydrogen-bond donors (Lipinski definition) is 3. The Hall–Kier alpha value is -0.770. The van der Waals surface area contributed by atoms with Crippen molar-refractivity contribution in [1.29, 1.82) is 0 Å². The molecule has 1 saturated carbocycles. The van der Waals surface area contributed by atoms with Crippen LogP contribution in [0.2, 0.25) is 0 Å². The van der Waals surface area contributed by atoms with Gasteiger partial charge in [-0.25, -0.2) is 0 Å². The zero-order valence-electron chi connectivity index (χ0n) is 12.8. The van der Waals surface area contributed by atoms with Crippen molar-refractivity contribution in [2.24, 2.45) is 22.7 Å². The Labute approximate surface area is 118 Å². The molecule has 4 nitrogen and oxygen atoms in total. The Morgan fingerprint density at radius 1 is 1.32 bits per heavy atom. The lowest BCUT2D eigenvalue weighted by Crippen LogP contribution is -2.38. The third kappa shape index (κ3) is 8.09. The molecule has 1 fully saturated rings. The number of guanidine groups is 1. The van der Waals surface area contributed by atoms with Gasteiger partial charge in [0.1, 0.15) is 0 Å². The van der Waals surface area contributed by atoms with Crippen LogP contribution in [-0.2, 0) is 0 Å². The van der Waals surface area contributed by atoms with Crippen LogP contribution < -0.4 is 10.6 Å². The molecule has 1 rings (SSSR count). The van der Waals surface area contributed by atoms with E-state index in [4.69, 9.17) is 5.11 Å². The Morgan fingerprint density at radius 2 is 2.05 bits per heavy atom. The molecule has 0 aromatic heterocycles. The molecule has 1 unspecified atom stereocenters. The molecular formula is C15H31N3O. The molecule has 19 heavy (non-hydrogen) atoms. The molecule has 4 heteroatoms. The monoisotopic (exact) mass is 269 g/mol. The van der Waals surface area contributed by atoms with E-state index >= 15 is 0 Å². The van der Waals surface area contributed by atoms with Crippen molar-refractivity contribution >= 4 is 5.96 Å². The van der Waals surface area contributed by atoms with Gasteiger partial charge in [0.15, 0.2) is 5.96 Å². The van der Waals surface area contributed by atoms with E-state index in [1.807, 2.05) is 0 Å². The molecule has 0 aliphatic heterocycles. The van der Waals surface area contributed by atoms with Gasteiger partial charge < -0.3 is 15.7 Å². The topological polar surface area (TPSA) is 56.7 Å². The minimum atomic E-state index is 0.263. The van der Waals surface area contributed by atoms with Crippen molar-refractivity contribution in [3.05, 3.63) is 0 Å². The second-order valence-electron chi connectivity index (χ2n) is 6.05. The van der Waals surface area contributed by atoms with E-state index in [2.05, 4.69) is 36.4 Å². The second-order valence-corrected chi connectivity index (χ2v) is 6.05. The smallest absolute Gasteiger partial charge is 0.191 e. The maximum atomic E-state index is 9.12. The second kappa shape index (κ2) is 9.18. The van der Waals surface area contributed by atoms with E-state index in [1.165, 1.54) is 12.8 Å². The summed E-state index contributed by atoms with van der Waals surface area (Å²) in [6, 6.07) is 0. The fourth-order valence-corrected chi connectivity index (χ4v) is 2.26. The quantitative estimate of drug-likeness (QED) is 0.443. The largest absolute Gasteiger partial charge is 0.396 e. The Balaban J connectivity index is 2.39. The molecule has 0 radical (unpaired) electrons. The van der Waals surface area contributed by atoms with E-state index in [0.717, 1.165) is 44.4 Å². The fourth-order valence-electron chi connectivity index (χ4n) is 2.26. The number of aliphatic hydroxyl groups is 1. The van der Waals surface area contributed by atoms with Crippen LogP contribution in [0.3, 0.4) is 0 Å². The maximum Gasteiger partial charge on any atom is 0.191 e. The summed E-state index contributed by atoms with van der Waals surface area (Å²) in [7, 11) is 0. The highest BCUT2D eigenvalue weighted by atomic mass is 16.3. The number of hydrogen-bond acceptors (Lipinski definition) is 2. The molecule has 1 atom stereocenters. The van der Waals surface area contributed by atoms with E-state index in [0.29, 0.717) is 11.8 Å². The molecule has 0 heterocycles. The van der Waals surface area contributed by atoms with Crippen molar-refractivity contribution in [2.75, 3.05) is 26.2 Å². The minimum absolute atomic E-state index is 0.263. The van der Waals surface area contributed by atoms with Crippen LogP contribution >= 0.6 is 0 Å². The van der Waals surface area contributed by atoms with Crippen LogP contribution in [0.25, 0.3) is 0 Å². The van der Waals surface area contributed by atoms with Gasteiger partial charge in [-0.2, -0.15) is 0 Å². The van der Waals surface area contributed by atoms with Crippen LogP contribution in [0.4, 0.5) is 0 Å². The number of nitrogens with one attached hydrogen (secondary N) is 2. The lowest BCUT2D eigenvalue weighted by atomic mass is 9.94. The first-order valence-corrected chi connectivity index (χ1v) is 7.78. The van der Waals surface area contributed by atoms with Crippen LogP contribution in [0.5, 0.6) is 0 Å². The molecule has 0 aromatic rings. The van der Waals surface area contributed by atoms with Gasteiger partial charge in [0.05, 0.1) is 0 Å². The molecule has 0 saturated heterocycles. The lowest BCUT2D eigenvalue weighted by Gasteiger charge is -2.17. The molecule has 112 valence electrons. The summed E-state index contributed by atoms with van der Waals surface area (Å²) in [6.45, 7) is 9.55. The number of nitrogens with zero attached hydrogens (tertiary/aromatic N) is 1. The van der Waals surface area contributed by atoms with E-state index in [9.17, 15) is 0 Å². The van der Waals surface area contributed by atoms with Gasteiger partial charge in [0.2, 0.25) is 0 Å². The third-order valence-corrected chi connectivity index (χ3v) is 3.45. The van der Waals surface area contributed by atoms with Gasteiger partial charge in [-0.1, -0.05) is 13.8 Å². The summed E-state index contributed by atoms with van der Waals surface area (Å²) in [5.74, 6) is 2.93. The zero-order chi connectivity index (χ0) is 14.1. The predicted octanol–water partition coefficient (Wildman–Crippen LogP) is 2.00. The van der Waals surface area contributed by atoms with Gasteiger partial charge in [-0.3, -0.25) is 4.99 Å². The van der Waals surface area contributed by atoms with E-state index < -0.39 is 0 Å². The lowest BCUT2D eigenvalue weighted by molar-refractivity contribution is 0.245. The fraction of sp³-hybridized carbons (Fsp3) is 0.933. The van der Waals surface area contributed by atoms with E-state index in [-0.39, 0.29) is 6.61 Å². The minimum Gasteiger partial charge on any atom is -0.396 e. The average Bonchev–Trinajstić information content (AvgIpc) is 3.16. The molecule has 3 N–H and O–H groups in total. The van der Waals surface area contributed by atoms with Crippen LogP contribution in [0.1, 0.15) is 46.5 Å². The first kappa shape index (κ1) is 16.3. The summed E-state index contributed by atoms with van der Waals surface area (Å²) in [6.07, 6.45) is 4.69. The molecule has 0 aromatic carbocycles. The number of aliphatic imine (C=N–C) groups is 1. The standard InChI is InChI=1S/C15H31N3O/c1-4-16-15(17-10-13-5-6-13)18-11-14(7-8-19)9-12(2)3/h12-14,19H,4-11H2,1-3H3,(H2,16,17,18). The van der Waals surface area contributed by atoms with Crippen LogP contribution in [-0.4, -0.2) is 37.3 Å². The molecular weight excluding hydrogens is 238 g/mol. The predicted molar refractivity (Wildman–Crippen MR) is 81.4 cm³/mol. The van der Waals surface area contributed by atoms with Gasteiger partial charge in [-0.05, 0) is 50.4 Å². The van der Waals surface area contributed by atoms with Gasteiger partial charge in [0.25, 0.3) is 0 Å². The Kier molecular flexibility index (Phi) is 7.87. The number of rotatable bonds is 9. The normalized spacial score (nSPS) is 17.6. The highest BCUT2D eigenvalue weighted by molar-refractivity contribution is 5.79. The van der Waals surface area contributed by atoms with Crippen LogP contribution in [0.15, 0.2) is 4.99 Å². The van der Waals surface area contributed by atoms with Crippen molar-refractivity contribution in [3.8, 4) is 0 Å². The SMILES string of the molecule is CCNC(=NCC(CCO)CC(C)C)NCC1CC1. The summed E-state index contributed by atoms with van der Waals surface area (Å²) in [5, 5.41) is 15.8. The number of aliphatic hydroxyl groups excluding tert-OH is 1. The Morgan fingerprint density at radius 3 is 2.58 bits per heavy atom. The molecule has 0 spiro atoms. The first-order chi connectivity index (χ1) is 9.15. The van der Waals surface area contributed by atoms with Crippen molar-refractivity contribution in [2.45, 2.75) is 46.5 Å². The molecule has 0 amide bonds. The highest BCUT2D eigenvalue weighted by Crippen LogP contribution is 2.27. The molecule has 1 aliphatic rings. The van der Waals surface area contributed by atoms with Crippen molar-refractivity contribution < 1.29 is 5.11 Å². The Bertz CT molecular complexity index is 262. The summed E-state index contributed by atoms with van der Waals surface area (Å²) in [4.78, 5) is 4.67.